The van der Waals surface area contributed by atoms with E-state index >= 15 is 0 Å². The Balaban J connectivity index is 1.99. The first-order chi connectivity index (χ1) is 9.20. The fourth-order valence-corrected chi connectivity index (χ4v) is 2.20. The quantitative estimate of drug-likeness (QED) is 0.886. The van der Waals surface area contributed by atoms with Crippen LogP contribution in [0.4, 0.5) is 0 Å². The molecule has 19 heavy (non-hydrogen) atoms. The summed E-state index contributed by atoms with van der Waals surface area (Å²) in [5, 5.41) is 3.22. The van der Waals surface area contributed by atoms with Crippen molar-refractivity contribution in [2.75, 3.05) is 7.05 Å². The van der Waals surface area contributed by atoms with E-state index < -0.39 is 0 Å². The highest BCUT2D eigenvalue weighted by atomic mass is 79.9. The Kier molecular flexibility index (Phi) is 5.00. The molecule has 1 N–H and O–H groups in total. The Morgan fingerprint density at radius 1 is 1.11 bits per heavy atom. The standard InChI is InChI=1S/C16H18BrNO/c1-12(18-2)13-7-9-15(10-8-13)19-11-14-5-3-4-6-16(14)17/h3-10,12,18H,11H2,1-2H3. The summed E-state index contributed by atoms with van der Waals surface area (Å²) in [6, 6.07) is 16.7. The SMILES string of the molecule is CNC(C)c1ccc(OCc2ccccc2Br)cc1. The molecule has 100 valence electrons. The number of rotatable bonds is 5. The van der Waals surface area contributed by atoms with E-state index in [1.807, 2.05) is 37.4 Å². The lowest BCUT2D eigenvalue weighted by atomic mass is 10.1. The van der Waals surface area contributed by atoms with Crippen molar-refractivity contribution in [2.24, 2.45) is 0 Å². The molecule has 0 bridgehead atoms. The number of hydrogen-bond acceptors (Lipinski definition) is 2. The molecule has 0 amide bonds. The zero-order chi connectivity index (χ0) is 13.7. The number of benzene rings is 2. The van der Waals surface area contributed by atoms with Crippen LogP contribution in [0.25, 0.3) is 0 Å². The van der Waals surface area contributed by atoms with Crippen LogP contribution in [0.5, 0.6) is 5.75 Å². The topological polar surface area (TPSA) is 21.3 Å². The molecule has 0 aliphatic rings. The van der Waals surface area contributed by atoms with Gasteiger partial charge in [0, 0.05) is 16.1 Å². The van der Waals surface area contributed by atoms with Gasteiger partial charge in [-0.05, 0) is 37.7 Å². The summed E-state index contributed by atoms with van der Waals surface area (Å²) in [5.74, 6) is 0.891. The summed E-state index contributed by atoms with van der Waals surface area (Å²) in [7, 11) is 1.96. The fraction of sp³-hybridized carbons (Fsp3) is 0.250. The zero-order valence-corrected chi connectivity index (χ0v) is 12.8. The predicted octanol–water partition coefficient (Wildman–Crippen LogP) is 4.31. The van der Waals surface area contributed by atoms with Gasteiger partial charge >= 0.3 is 0 Å². The summed E-state index contributed by atoms with van der Waals surface area (Å²) < 4.78 is 6.87. The first kappa shape index (κ1) is 14.1. The maximum absolute atomic E-state index is 5.79. The highest BCUT2D eigenvalue weighted by Crippen LogP contribution is 2.21. The molecule has 0 spiro atoms. The molecule has 0 aromatic heterocycles. The van der Waals surface area contributed by atoms with Crippen molar-refractivity contribution in [3.8, 4) is 5.75 Å². The highest BCUT2D eigenvalue weighted by molar-refractivity contribution is 9.10. The van der Waals surface area contributed by atoms with E-state index in [4.69, 9.17) is 4.74 Å². The van der Waals surface area contributed by atoms with Crippen LogP contribution in [0, 0.1) is 0 Å². The molecule has 0 radical (unpaired) electrons. The van der Waals surface area contributed by atoms with Gasteiger partial charge in [-0.25, -0.2) is 0 Å². The normalized spacial score (nSPS) is 12.2. The Morgan fingerprint density at radius 2 is 1.79 bits per heavy atom. The van der Waals surface area contributed by atoms with Crippen molar-refractivity contribution in [3.05, 3.63) is 64.1 Å². The van der Waals surface area contributed by atoms with Gasteiger partial charge in [-0.1, -0.05) is 46.3 Å². The van der Waals surface area contributed by atoms with Gasteiger partial charge in [0.25, 0.3) is 0 Å². The average molecular weight is 320 g/mol. The lowest BCUT2D eigenvalue weighted by Gasteiger charge is -2.12. The smallest absolute Gasteiger partial charge is 0.119 e. The van der Waals surface area contributed by atoms with Gasteiger partial charge in [-0.2, -0.15) is 0 Å². The Labute approximate surface area is 122 Å². The molecule has 0 saturated heterocycles. The van der Waals surface area contributed by atoms with Crippen molar-refractivity contribution in [1.82, 2.24) is 5.32 Å². The van der Waals surface area contributed by atoms with Crippen LogP contribution in [-0.4, -0.2) is 7.05 Å². The molecular weight excluding hydrogens is 302 g/mol. The Morgan fingerprint density at radius 3 is 2.42 bits per heavy atom. The summed E-state index contributed by atoms with van der Waals surface area (Å²) in [4.78, 5) is 0. The van der Waals surface area contributed by atoms with Crippen LogP contribution in [0.1, 0.15) is 24.1 Å². The highest BCUT2D eigenvalue weighted by Gasteiger charge is 2.03. The van der Waals surface area contributed by atoms with E-state index in [0.717, 1.165) is 15.8 Å². The van der Waals surface area contributed by atoms with E-state index in [2.05, 4.69) is 46.4 Å². The first-order valence-electron chi connectivity index (χ1n) is 6.34. The van der Waals surface area contributed by atoms with Crippen LogP contribution in [0.2, 0.25) is 0 Å². The minimum absolute atomic E-state index is 0.359. The van der Waals surface area contributed by atoms with Crippen molar-refractivity contribution < 1.29 is 4.74 Å². The van der Waals surface area contributed by atoms with E-state index in [9.17, 15) is 0 Å². The van der Waals surface area contributed by atoms with Gasteiger partial charge in [-0.15, -0.1) is 0 Å². The fourth-order valence-electron chi connectivity index (χ4n) is 1.80. The minimum atomic E-state index is 0.359. The molecule has 3 heteroatoms. The van der Waals surface area contributed by atoms with Crippen LogP contribution in [0.3, 0.4) is 0 Å². The van der Waals surface area contributed by atoms with E-state index in [1.165, 1.54) is 5.56 Å². The van der Waals surface area contributed by atoms with Crippen LogP contribution >= 0.6 is 15.9 Å². The molecular formula is C16H18BrNO. The Bertz CT molecular complexity index is 525. The summed E-state index contributed by atoms with van der Waals surface area (Å²) in [6.45, 7) is 2.71. The average Bonchev–Trinajstić information content (AvgIpc) is 2.46. The maximum Gasteiger partial charge on any atom is 0.119 e. The number of halogens is 1. The third-order valence-electron chi connectivity index (χ3n) is 3.17. The van der Waals surface area contributed by atoms with E-state index in [1.54, 1.807) is 0 Å². The molecule has 1 unspecified atom stereocenters. The van der Waals surface area contributed by atoms with Crippen LogP contribution in [-0.2, 0) is 6.61 Å². The molecule has 0 heterocycles. The molecule has 0 aliphatic carbocycles. The summed E-state index contributed by atoms with van der Waals surface area (Å²) in [5.41, 5.74) is 2.41. The molecule has 2 aromatic carbocycles. The third kappa shape index (κ3) is 3.82. The molecule has 2 nitrogen and oxygen atoms in total. The van der Waals surface area contributed by atoms with E-state index in [0.29, 0.717) is 12.6 Å². The largest absolute Gasteiger partial charge is 0.489 e. The van der Waals surface area contributed by atoms with Crippen molar-refractivity contribution in [2.45, 2.75) is 19.6 Å². The molecule has 1 atom stereocenters. The van der Waals surface area contributed by atoms with Gasteiger partial charge < -0.3 is 10.1 Å². The molecule has 0 aliphatic heterocycles. The molecule has 0 fully saturated rings. The molecule has 2 aromatic rings. The number of ether oxygens (including phenoxy) is 1. The second-order valence-electron chi connectivity index (χ2n) is 4.46. The van der Waals surface area contributed by atoms with Crippen LogP contribution < -0.4 is 10.1 Å². The van der Waals surface area contributed by atoms with Gasteiger partial charge in [0.1, 0.15) is 12.4 Å². The van der Waals surface area contributed by atoms with Crippen LogP contribution in [0.15, 0.2) is 53.0 Å². The van der Waals surface area contributed by atoms with Crippen molar-refractivity contribution >= 4 is 15.9 Å². The predicted molar refractivity (Wildman–Crippen MR) is 82.4 cm³/mol. The molecule has 2 rings (SSSR count). The van der Waals surface area contributed by atoms with Gasteiger partial charge in [0.05, 0.1) is 0 Å². The van der Waals surface area contributed by atoms with Gasteiger partial charge in [-0.3, -0.25) is 0 Å². The Hall–Kier alpha value is -1.32. The van der Waals surface area contributed by atoms with Crippen molar-refractivity contribution in [1.29, 1.82) is 0 Å². The number of hydrogen-bond donors (Lipinski definition) is 1. The lowest BCUT2D eigenvalue weighted by molar-refractivity contribution is 0.305. The van der Waals surface area contributed by atoms with Crippen molar-refractivity contribution in [3.63, 3.8) is 0 Å². The van der Waals surface area contributed by atoms with Gasteiger partial charge in [0.15, 0.2) is 0 Å². The summed E-state index contributed by atoms with van der Waals surface area (Å²) in [6.07, 6.45) is 0. The second-order valence-corrected chi connectivity index (χ2v) is 5.31. The maximum atomic E-state index is 5.79. The zero-order valence-electron chi connectivity index (χ0n) is 11.2. The third-order valence-corrected chi connectivity index (χ3v) is 3.94. The summed E-state index contributed by atoms with van der Waals surface area (Å²) >= 11 is 3.52. The first-order valence-corrected chi connectivity index (χ1v) is 7.13. The van der Waals surface area contributed by atoms with Gasteiger partial charge in [0.2, 0.25) is 0 Å². The monoisotopic (exact) mass is 319 g/mol. The number of nitrogens with one attached hydrogen (secondary N) is 1. The molecule has 0 saturated carbocycles. The lowest BCUT2D eigenvalue weighted by Crippen LogP contribution is -2.11. The van der Waals surface area contributed by atoms with E-state index in [-0.39, 0.29) is 0 Å². The minimum Gasteiger partial charge on any atom is -0.489 e. The second kappa shape index (κ2) is 6.73.